The van der Waals surface area contributed by atoms with E-state index < -0.39 is 23.1 Å². The number of aromatic nitrogens is 2. The Labute approximate surface area is 284 Å². The number of aryl methyl sites for hydroxylation is 1. The van der Waals surface area contributed by atoms with Crippen LogP contribution in [0.1, 0.15) is 73.8 Å². The molecule has 3 aromatic rings. The molecular formula is C37H55N3O8. The van der Waals surface area contributed by atoms with Gasteiger partial charge in [0.05, 0.1) is 35.2 Å². The highest BCUT2D eigenvalue weighted by atomic mass is 16.5. The van der Waals surface area contributed by atoms with E-state index in [0.717, 1.165) is 10.1 Å². The summed E-state index contributed by atoms with van der Waals surface area (Å²) in [4.78, 5) is 48.1. The zero-order valence-corrected chi connectivity index (χ0v) is 30.5. The van der Waals surface area contributed by atoms with Crippen LogP contribution in [0.4, 0.5) is 0 Å². The van der Waals surface area contributed by atoms with Crippen molar-refractivity contribution in [2.24, 2.45) is 13.0 Å². The first-order valence-electron chi connectivity index (χ1n) is 16.3. The van der Waals surface area contributed by atoms with E-state index in [2.05, 4.69) is 19.2 Å². The fourth-order valence-electron chi connectivity index (χ4n) is 4.22. The SMILES string of the molecule is C/C=C(OC)\C(C(C)=O)=C(/C)O.CC.CCCC.CNCCOc1ccc2c(c1)c(=O)n(-c1ccc(C[C@H](C)C(=O)O)cc1)c(=O)n2C. The van der Waals surface area contributed by atoms with E-state index >= 15 is 0 Å². The summed E-state index contributed by atoms with van der Waals surface area (Å²) in [5.74, 6) is -0.650. The minimum atomic E-state index is -0.869. The van der Waals surface area contributed by atoms with Gasteiger partial charge >= 0.3 is 11.7 Å². The number of carbonyl (C=O) groups is 2. The number of carboxylic acid groups (broad SMARTS) is 1. The van der Waals surface area contributed by atoms with Crippen LogP contribution in [-0.2, 0) is 27.8 Å². The maximum Gasteiger partial charge on any atom is 0.335 e. The molecule has 1 heterocycles. The summed E-state index contributed by atoms with van der Waals surface area (Å²) in [5.41, 5.74) is 1.12. The zero-order valence-electron chi connectivity index (χ0n) is 30.5. The third-order valence-electron chi connectivity index (χ3n) is 6.96. The lowest BCUT2D eigenvalue weighted by molar-refractivity contribution is -0.141. The number of hydrogen-bond acceptors (Lipinski definition) is 8. The Hall–Kier alpha value is -4.64. The van der Waals surface area contributed by atoms with Gasteiger partial charge in [0.1, 0.15) is 23.9 Å². The Morgan fingerprint density at radius 2 is 1.58 bits per heavy atom. The largest absolute Gasteiger partial charge is 0.512 e. The minimum Gasteiger partial charge on any atom is -0.512 e. The van der Waals surface area contributed by atoms with Gasteiger partial charge in [-0.25, -0.2) is 9.36 Å². The first-order chi connectivity index (χ1) is 22.8. The smallest absolute Gasteiger partial charge is 0.335 e. The number of Topliss-reactive ketones (excluding diaryl/α,β-unsaturated/α-hetero) is 1. The van der Waals surface area contributed by atoms with Crippen molar-refractivity contribution in [1.82, 2.24) is 14.5 Å². The number of hydrogen-bond donors (Lipinski definition) is 3. The normalized spacial score (nSPS) is 11.8. The number of benzene rings is 2. The highest BCUT2D eigenvalue weighted by molar-refractivity contribution is 5.97. The molecule has 0 saturated carbocycles. The Bertz CT molecular complexity index is 1630. The van der Waals surface area contributed by atoms with Crippen molar-refractivity contribution in [2.45, 2.75) is 74.7 Å². The number of carboxylic acids is 1. The molecule has 0 unspecified atom stereocenters. The summed E-state index contributed by atoms with van der Waals surface area (Å²) in [6.45, 7) is 15.7. The molecule has 266 valence electrons. The predicted octanol–water partition coefficient (Wildman–Crippen LogP) is 6.34. The maximum absolute atomic E-state index is 13.1. The molecule has 3 N–H and O–H groups in total. The molecule has 48 heavy (non-hydrogen) atoms. The summed E-state index contributed by atoms with van der Waals surface area (Å²) >= 11 is 0. The molecule has 0 spiro atoms. The van der Waals surface area contributed by atoms with Gasteiger partial charge in [-0.1, -0.05) is 59.6 Å². The third-order valence-corrected chi connectivity index (χ3v) is 6.96. The average molecular weight is 670 g/mol. The van der Waals surface area contributed by atoms with E-state index in [-0.39, 0.29) is 17.1 Å². The highest BCUT2D eigenvalue weighted by Gasteiger charge is 2.16. The van der Waals surface area contributed by atoms with Crippen LogP contribution in [0.15, 0.2) is 75.2 Å². The number of allylic oxidation sites excluding steroid dienone is 3. The van der Waals surface area contributed by atoms with Crippen molar-refractivity contribution in [2.75, 3.05) is 27.3 Å². The van der Waals surface area contributed by atoms with E-state index in [1.807, 2.05) is 20.9 Å². The number of unbranched alkanes of at least 4 members (excludes halogenated alkanes) is 1. The van der Waals surface area contributed by atoms with Gasteiger partial charge in [-0.2, -0.15) is 0 Å². The maximum atomic E-state index is 13.1. The molecule has 1 aromatic heterocycles. The minimum absolute atomic E-state index is 0.0162. The van der Waals surface area contributed by atoms with Gasteiger partial charge in [-0.3, -0.25) is 19.0 Å². The van der Waals surface area contributed by atoms with Gasteiger partial charge in [0.2, 0.25) is 0 Å². The summed E-state index contributed by atoms with van der Waals surface area (Å²) < 4.78 is 13.1. The Kier molecular flexibility index (Phi) is 20.6. The van der Waals surface area contributed by atoms with Crippen LogP contribution in [0.5, 0.6) is 5.75 Å². The molecule has 0 fully saturated rings. The fourth-order valence-corrected chi connectivity index (χ4v) is 4.22. The Morgan fingerprint density at radius 3 is 2.00 bits per heavy atom. The molecular weight excluding hydrogens is 614 g/mol. The number of rotatable bonds is 12. The lowest BCUT2D eigenvalue weighted by atomic mass is 10.0. The Morgan fingerprint density at radius 1 is 1.00 bits per heavy atom. The van der Waals surface area contributed by atoms with Gasteiger partial charge in [0, 0.05) is 13.6 Å². The van der Waals surface area contributed by atoms with E-state index in [4.69, 9.17) is 19.7 Å². The van der Waals surface area contributed by atoms with Crippen molar-refractivity contribution in [3.63, 3.8) is 0 Å². The van der Waals surface area contributed by atoms with E-state index in [9.17, 15) is 19.2 Å². The fraction of sp³-hybridized carbons (Fsp3) is 0.459. The van der Waals surface area contributed by atoms with Gasteiger partial charge in [-0.15, -0.1) is 0 Å². The van der Waals surface area contributed by atoms with Crippen molar-refractivity contribution in [3.05, 3.63) is 92.0 Å². The van der Waals surface area contributed by atoms with E-state index in [0.29, 0.717) is 47.7 Å². The molecule has 0 amide bonds. The van der Waals surface area contributed by atoms with Gasteiger partial charge in [0.15, 0.2) is 5.78 Å². The number of aliphatic carboxylic acids is 1. The molecule has 1 atom stereocenters. The monoisotopic (exact) mass is 669 g/mol. The van der Waals surface area contributed by atoms with Crippen molar-refractivity contribution >= 4 is 22.7 Å². The average Bonchev–Trinajstić information content (AvgIpc) is 3.07. The van der Waals surface area contributed by atoms with E-state index in [1.54, 1.807) is 69.4 Å². The van der Waals surface area contributed by atoms with Crippen LogP contribution in [-0.4, -0.2) is 58.4 Å². The first-order valence-corrected chi connectivity index (χ1v) is 16.3. The molecule has 0 saturated heterocycles. The van der Waals surface area contributed by atoms with Gasteiger partial charge in [0.25, 0.3) is 5.56 Å². The number of methoxy groups -OCH3 is 1. The molecule has 0 aliphatic heterocycles. The van der Waals surface area contributed by atoms with Crippen LogP contribution in [0.3, 0.4) is 0 Å². The number of nitrogens with zero attached hydrogens (tertiary/aromatic N) is 2. The van der Waals surface area contributed by atoms with Crippen molar-refractivity contribution < 1.29 is 29.3 Å². The molecule has 11 nitrogen and oxygen atoms in total. The van der Waals surface area contributed by atoms with Crippen LogP contribution in [0.2, 0.25) is 0 Å². The number of ketones is 1. The number of fused-ring (bicyclic) bond motifs is 1. The predicted molar refractivity (Wildman–Crippen MR) is 193 cm³/mol. The second-order valence-corrected chi connectivity index (χ2v) is 10.6. The number of ether oxygens (including phenoxy) is 2. The second kappa shape index (κ2) is 22.8. The first kappa shape index (κ1) is 43.4. The van der Waals surface area contributed by atoms with Crippen molar-refractivity contribution in [1.29, 1.82) is 0 Å². The lowest BCUT2D eigenvalue weighted by Crippen LogP contribution is -2.37. The van der Waals surface area contributed by atoms with Crippen LogP contribution >= 0.6 is 0 Å². The quantitative estimate of drug-likeness (QED) is 0.0869. The lowest BCUT2D eigenvalue weighted by Gasteiger charge is -2.13. The molecule has 11 heteroatoms. The van der Waals surface area contributed by atoms with Crippen LogP contribution < -0.4 is 21.3 Å². The van der Waals surface area contributed by atoms with Gasteiger partial charge in [-0.05, 0) is 76.2 Å². The second-order valence-electron chi connectivity index (χ2n) is 10.6. The van der Waals surface area contributed by atoms with Crippen LogP contribution in [0, 0.1) is 5.92 Å². The molecule has 0 aliphatic carbocycles. The van der Waals surface area contributed by atoms with Crippen LogP contribution in [0.25, 0.3) is 16.6 Å². The summed E-state index contributed by atoms with van der Waals surface area (Å²) in [5, 5.41) is 21.6. The topological polar surface area (TPSA) is 149 Å². The third kappa shape index (κ3) is 12.9. The number of aliphatic hydroxyl groups is 1. The van der Waals surface area contributed by atoms with Gasteiger partial charge < -0.3 is 25.0 Å². The zero-order chi connectivity index (χ0) is 37.0. The molecule has 0 aliphatic rings. The molecule has 2 aromatic carbocycles. The summed E-state index contributed by atoms with van der Waals surface area (Å²) in [7, 11) is 4.90. The van der Waals surface area contributed by atoms with E-state index in [1.165, 1.54) is 38.4 Å². The molecule has 0 radical (unpaired) electrons. The number of carbonyl (C=O) groups excluding carboxylic acids is 1. The number of aliphatic hydroxyl groups excluding tert-OH is 1. The summed E-state index contributed by atoms with van der Waals surface area (Å²) in [6.07, 6.45) is 4.64. The highest BCUT2D eigenvalue weighted by Crippen LogP contribution is 2.19. The summed E-state index contributed by atoms with van der Waals surface area (Å²) in [6, 6.07) is 11.9. The van der Waals surface area contributed by atoms with Crippen molar-refractivity contribution in [3.8, 4) is 11.4 Å². The molecule has 0 bridgehead atoms. The number of nitrogens with one attached hydrogen (secondary N) is 1. The molecule has 3 rings (SSSR count). The Balaban J connectivity index is 0.00000102. The standard InChI is InChI=1S/C22H25N3O5.C9H14O3.C4H10.C2H6/c1-14(21(27)28)12-15-4-6-16(7-5-15)25-20(26)18-13-17(30-11-10-23-2)8-9-19(18)24(3)22(25)29;1-5-8(12-4)9(6(2)10)7(3)11;1-3-4-2;1-2/h4-9,13-14,23H,10-12H2,1-3H3,(H,27,28);5,10H,1-4H3;3-4H2,1-2H3;1-2H3/b;8-5+,9-6+;;/t14-;;;/m0.../s1. The number of likely N-dealkylation sites (N-methyl/N-ethyl adjacent to an activating group) is 1.